The first-order chi connectivity index (χ1) is 12.3. The molecule has 1 N–H and O–H groups in total. The van der Waals surface area contributed by atoms with Crippen molar-refractivity contribution in [3.8, 4) is 11.3 Å². The van der Waals surface area contributed by atoms with Gasteiger partial charge >= 0.3 is 0 Å². The largest absolute Gasteiger partial charge is 0.367 e. The van der Waals surface area contributed by atoms with Crippen LogP contribution in [0.3, 0.4) is 0 Å². The average Bonchev–Trinajstić information content (AvgIpc) is 3.07. The van der Waals surface area contributed by atoms with E-state index in [2.05, 4.69) is 19.9 Å². The van der Waals surface area contributed by atoms with Crippen molar-refractivity contribution in [1.82, 2.24) is 19.9 Å². The van der Waals surface area contributed by atoms with Gasteiger partial charge in [0.2, 0.25) is 0 Å². The Kier molecular flexibility index (Phi) is 4.54. The molecule has 0 spiro atoms. The molecule has 0 saturated heterocycles. The predicted molar refractivity (Wildman–Crippen MR) is 92.1 cm³/mol. The Bertz CT molecular complexity index is 832. The molecule has 1 atom stereocenters. The van der Waals surface area contributed by atoms with Crippen molar-refractivity contribution in [1.29, 1.82) is 0 Å². The number of benzene rings is 1. The maximum atomic E-state index is 13.2. The maximum absolute atomic E-state index is 13.2. The quantitative estimate of drug-likeness (QED) is 0.777. The predicted octanol–water partition coefficient (Wildman–Crippen LogP) is 2.77. The summed E-state index contributed by atoms with van der Waals surface area (Å²) < 4.78 is 21.2. The molecule has 2 aromatic heterocycles. The SMILES string of the molecule is Fc1ccc(-c2cnc3n2C[C@H](CNCc2cccnc2)OC3)cc1. The zero-order valence-corrected chi connectivity index (χ0v) is 13.7. The summed E-state index contributed by atoms with van der Waals surface area (Å²) in [6.07, 6.45) is 5.52. The molecule has 0 bridgehead atoms. The molecule has 0 fully saturated rings. The lowest BCUT2D eigenvalue weighted by atomic mass is 10.1. The Balaban J connectivity index is 1.42. The Labute approximate surface area is 145 Å². The van der Waals surface area contributed by atoms with Crippen LogP contribution in [0.15, 0.2) is 55.0 Å². The highest BCUT2D eigenvalue weighted by molar-refractivity contribution is 5.59. The first kappa shape index (κ1) is 15.9. The standard InChI is InChI=1S/C19H19FN4O/c20-16-5-3-15(4-6-16)18-11-23-19-13-25-17(12-24(18)19)10-22-9-14-2-1-7-21-8-14/h1-8,11,17,22H,9-10,12-13H2/t17-/m0/s1. The summed E-state index contributed by atoms with van der Waals surface area (Å²) in [5.74, 6) is 0.672. The fourth-order valence-electron chi connectivity index (χ4n) is 3.04. The Morgan fingerprint density at radius 3 is 2.88 bits per heavy atom. The molecule has 1 aliphatic heterocycles. The van der Waals surface area contributed by atoms with Gasteiger partial charge in [-0.15, -0.1) is 0 Å². The van der Waals surface area contributed by atoms with E-state index in [0.717, 1.165) is 42.3 Å². The number of aromatic nitrogens is 3. The van der Waals surface area contributed by atoms with Crippen molar-refractivity contribution in [3.63, 3.8) is 0 Å². The minimum absolute atomic E-state index is 0.0672. The van der Waals surface area contributed by atoms with Crippen LogP contribution < -0.4 is 5.32 Å². The van der Waals surface area contributed by atoms with Gasteiger partial charge in [-0.1, -0.05) is 6.07 Å². The van der Waals surface area contributed by atoms with Gasteiger partial charge in [0.05, 0.1) is 24.5 Å². The Morgan fingerprint density at radius 1 is 1.20 bits per heavy atom. The van der Waals surface area contributed by atoms with E-state index < -0.39 is 0 Å². The lowest BCUT2D eigenvalue weighted by molar-refractivity contribution is 0.00325. The third-order valence-electron chi connectivity index (χ3n) is 4.34. The third kappa shape index (κ3) is 3.60. The van der Waals surface area contributed by atoms with E-state index in [1.165, 1.54) is 12.1 Å². The summed E-state index contributed by atoms with van der Waals surface area (Å²) in [6.45, 7) is 2.72. The number of ether oxygens (including phenoxy) is 1. The molecule has 3 aromatic rings. The van der Waals surface area contributed by atoms with Gasteiger partial charge in [0, 0.05) is 25.5 Å². The molecule has 0 amide bonds. The van der Waals surface area contributed by atoms with Gasteiger partial charge in [-0.25, -0.2) is 9.37 Å². The van der Waals surface area contributed by atoms with Gasteiger partial charge in [0.25, 0.3) is 0 Å². The van der Waals surface area contributed by atoms with E-state index in [1.807, 2.05) is 24.5 Å². The first-order valence-corrected chi connectivity index (χ1v) is 8.31. The number of hydrogen-bond donors (Lipinski definition) is 1. The maximum Gasteiger partial charge on any atom is 0.135 e. The number of nitrogens with one attached hydrogen (secondary N) is 1. The zero-order chi connectivity index (χ0) is 17.1. The van der Waals surface area contributed by atoms with Gasteiger partial charge in [0.15, 0.2) is 0 Å². The summed E-state index contributed by atoms with van der Waals surface area (Å²) >= 11 is 0. The van der Waals surface area contributed by atoms with Crippen LogP contribution in [0.25, 0.3) is 11.3 Å². The monoisotopic (exact) mass is 338 g/mol. The second-order valence-electron chi connectivity index (χ2n) is 6.10. The molecule has 5 nitrogen and oxygen atoms in total. The van der Waals surface area contributed by atoms with E-state index >= 15 is 0 Å². The van der Waals surface area contributed by atoms with Gasteiger partial charge in [0.1, 0.15) is 18.2 Å². The highest BCUT2D eigenvalue weighted by Gasteiger charge is 2.22. The van der Waals surface area contributed by atoms with Crippen LogP contribution in [0.5, 0.6) is 0 Å². The van der Waals surface area contributed by atoms with Crippen molar-refractivity contribution in [2.24, 2.45) is 0 Å². The van der Waals surface area contributed by atoms with E-state index in [-0.39, 0.29) is 11.9 Å². The van der Waals surface area contributed by atoms with Gasteiger partial charge < -0.3 is 14.6 Å². The van der Waals surface area contributed by atoms with Gasteiger partial charge in [-0.05, 0) is 41.5 Å². The van der Waals surface area contributed by atoms with Crippen LogP contribution in [0.1, 0.15) is 11.4 Å². The molecule has 1 aromatic carbocycles. The van der Waals surface area contributed by atoms with Crippen molar-refractivity contribution in [2.45, 2.75) is 25.8 Å². The molecule has 25 heavy (non-hydrogen) atoms. The number of fused-ring (bicyclic) bond motifs is 1. The highest BCUT2D eigenvalue weighted by atomic mass is 19.1. The van der Waals surface area contributed by atoms with Crippen LogP contribution in [0, 0.1) is 5.82 Å². The van der Waals surface area contributed by atoms with E-state index in [0.29, 0.717) is 6.61 Å². The van der Waals surface area contributed by atoms with E-state index in [1.54, 1.807) is 18.3 Å². The number of rotatable bonds is 5. The molecule has 4 rings (SSSR count). The van der Waals surface area contributed by atoms with Crippen LogP contribution in [0.2, 0.25) is 0 Å². The third-order valence-corrected chi connectivity index (χ3v) is 4.34. The first-order valence-electron chi connectivity index (χ1n) is 8.31. The number of hydrogen-bond acceptors (Lipinski definition) is 4. The minimum atomic E-state index is -0.233. The van der Waals surface area contributed by atoms with E-state index in [4.69, 9.17) is 4.74 Å². The smallest absolute Gasteiger partial charge is 0.135 e. The molecule has 1 aliphatic rings. The normalized spacial score (nSPS) is 16.6. The second-order valence-corrected chi connectivity index (χ2v) is 6.10. The molecule has 0 radical (unpaired) electrons. The summed E-state index contributed by atoms with van der Waals surface area (Å²) in [5.41, 5.74) is 3.10. The lowest BCUT2D eigenvalue weighted by Crippen LogP contribution is -2.36. The minimum Gasteiger partial charge on any atom is -0.367 e. The topological polar surface area (TPSA) is 52.0 Å². The highest BCUT2D eigenvalue weighted by Crippen LogP contribution is 2.25. The van der Waals surface area contributed by atoms with Crippen LogP contribution >= 0.6 is 0 Å². The van der Waals surface area contributed by atoms with Crippen molar-refractivity contribution in [3.05, 3.63) is 72.2 Å². The van der Waals surface area contributed by atoms with E-state index in [9.17, 15) is 4.39 Å². The molecule has 0 aliphatic carbocycles. The fourth-order valence-corrected chi connectivity index (χ4v) is 3.04. The molecular weight excluding hydrogens is 319 g/mol. The summed E-state index contributed by atoms with van der Waals surface area (Å²) in [7, 11) is 0. The Morgan fingerprint density at radius 2 is 2.08 bits per heavy atom. The average molecular weight is 338 g/mol. The van der Waals surface area contributed by atoms with Crippen LogP contribution in [-0.2, 0) is 24.4 Å². The summed E-state index contributed by atoms with van der Waals surface area (Å²) in [4.78, 5) is 8.55. The molecule has 128 valence electrons. The molecule has 3 heterocycles. The number of halogens is 1. The fraction of sp³-hybridized carbons (Fsp3) is 0.263. The van der Waals surface area contributed by atoms with Crippen molar-refractivity contribution in [2.75, 3.05) is 6.54 Å². The number of nitrogens with zero attached hydrogens (tertiary/aromatic N) is 3. The summed E-state index contributed by atoms with van der Waals surface area (Å²) in [5, 5.41) is 3.41. The van der Waals surface area contributed by atoms with Crippen LogP contribution in [-0.4, -0.2) is 27.2 Å². The van der Waals surface area contributed by atoms with Gasteiger partial charge in [-0.3, -0.25) is 4.98 Å². The Hall–Kier alpha value is -2.57. The molecule has 6 heteroatoms. The number of imidazole rings is 1. The second kappa shape index (κ2) is 7.13. The molecule has 0 unspecified atom stereocenters. The van der Waals surface area contributed by atoms with Gasteiger partial charge in [-0.2, -0.15) is 0 Å². The zero-order valence-electron chi connectivity index (χ0n) is 13.7. The summed E-state index contributed by atoms with van der Waals surface area (Å²) in [6, 6.07) is 10.5. The lowest BCUT2D eigenvalue weighted by Gasteiger charge is -2.26. The van der Waals surface area contributed by atoms with Crippen molar-refractivity contribution >= 4 is 0 Å². The van der Waals surface area contributed by atoms with Crippen molar-refractivity contribution < 1.29 is 9.13 Å². The van der Waals surface area contributed by atoms with Crippen LogP contribution in [0.4, 0.5) is 4.39 Å². The number of pyridine rings is 1. The molecular formula is C19H19FN4O. The molecule has 0 saturated carbocycles.